The Morgan fingerprint density at radius 3 is 2.50 bits per heavy atom. The summed E-state index contributed by atoms with van der Waals surface area (Å²) in [5.41, 5.74) is 4.64. The van der Waals surface area contributed by atoms with Crippen LogP contribution in [0.2, 0.25) is 0 Å². The van der Waals surface area contributed by atoms with Crippen molar-refractivity contribution in [2.24, 2.45) is 0 Å². The summed E-state index contributed by atoms with van der Waals surface area (Å²) >= 11 is 0. The molecule has 7 heteroatoms. The lowest BCUT2D eigenvalue weighted by Gasteiger charge is -2.26. The van der Waals surface area contributed by atoms with Crippen LogP contribution in [0.15, 0.2) is 60.7 Å². The van der Waals surface area contributed by atoms with Crippen LogP contribution >= 0.6 is 0 Å². The highest BCUT2D eigenvalue weighted by Gasteiger charge is 2.30. The van der Waals surface area contributed by atoms with E-state index < -0.39 is 11.7 Å². The molecule has 2 aliphatic rings. The fourth-order valence-electron chi connectivity index (χ4n) is 5.87. The van der Waals surface area contributed by atoms with Gasteiger partial charge in [-0.05, 0) is 99.8 Å². The molecule has 206 valence electrons. The van der Waals surface area contributed by atoms with Crippen LogP contribution in [0.3, 0.4) is 0 Å². The minimum absolute atomic E-state index is 0.211. The molecule has 4 aromatic rings. The largest absolute Gasteiger partial charge is 0.443 e. The lowest BCUT2D eigenvalue weighted by atomic mass is 9.93. The number of ether oxygens (including phenoxy) is 1. The number of carbonyl (C=O) groups is 2. The highest BCUT2D eigenvalue weighted by atomic mass is 19.1. The number of hydrogen-bond donors (Lipinski definition) is 1. The van der Waals surface area contributed by atoms with E-state index >= 15 is 0 Å². The lowest BCUT2D eigenvalue weighted by Crippen LogP contribution is -2.29. The molecule has 3 aromatic carbocycles. The Morgan fingerprint density at radius 2 is 1.75 bits per heavy atom. The molecule has 6 rings (SSSR count). The Bertz CT molecular complexity index is 1630. The van der Waals surface area contributed by atoms with E-state index in [9.17, 15) is 14.0 Å². The van der Waals surface area contributed by atoms with Crippen molar-refractivity contribution in [2.75, 3.05) is 13.1 Å². The third-order valence-corrected chi connectivity index (χ3v) is 7.64. The molecule has 0 spiro atoms. The zero-order valence-electron chi connectivity index (χ0n) is 23.2. The molecule has 2 aliphatic heterocycles. The number of piperidine rings is 1. The predicted octanol–water partition coefficient (Wildman–Crippen LogP) is 7.13. The fraction of sp³-hybridized carbons (Fsp3) is 0.333. The van der Waals surface area contributed by atoms with E-state index in [4.69, 9.17) is 4.74 Å². The van der Waals surface area contributed by atoms with Gasteiger partial charge in [0.15, 0.2) is 0 Å². The fourth-order valence-corrected chi connectivity index (χ4v) is 5.87. The first-order valence-corrected chi connectivity index (χ1v) is 14.0. The lowest BCUT2D eigenvalue weighted by molar-refractivity contribution is 0.0547. The first kappa shape index (κ1) is 26.3. The Kier molecular flexibility index (Phi) is 6.70. The maximum Gasteiger partial charge on any atom is 0.419 e. The topological polar surface area (TPSA) is 63.6 Å². The first-order chi connectivity index (χ1) is 19.2. The second-order valence-corrected chi connectivity index (χ2v) is 11.8. The number of likely N-dealkylation sites (tertiary alicyclic amines) is 1. The van der Waals surface area contributed by atoms with E-state index in [0.717, 1.165) is 30.6 Å². The molecule has 1 N–H and O–H groups in total. The highest BCUT2D eigenvalue weighted by Crippen LogP contribution is 2.38. The van der Waals surface area contributed by atoms with Crippen LogP contribution < -0.4 is 5.32 Å². The standard InChI is InChI=1S/C33H34FN3O3/c1-33(2,3)40-32(39)37-28-12-11-21(20-36-13-7-4-8-14-36)15-23(28)18-29(37)26-17-22(25-9-5-6-10-27(25)34)16-24-19-35-31(38)30(24)26/h5-6,9-12,15-18H,4,7-8,13-14,19-20H2,1-3H3,(H,35,38). The predicted molar refractivity (Wildman–Crippen MR) is 155 cm³/mol. The van der Waals surface area contributed by atoms with Crippen molar-refractivity contribution < 1.29 is 18.7 Å². The molecule has 0 unspecified atom stereocenters. The van der Waals surface area contributed by atoms with Crippen LogP contribution in [0.1, 0.15) is 61.5 Å². The van der Waals surface area contributed by atoms with Gasteiger partial charge in [0.1, 0.15) is 11.4 Å². The number of rotatable bonds is 4. The summed E-state index contributed by atoms with van der Waals surface area (Å²) in [6.07, 6.45) is 3.19. The van der Waals surface area contributed by atoms with Gasteiger partial charge in [-0.3, -0.25) is 9.69 Å². The van der Waals surface area contributed by atoms with Crippen LogP contribution in [0, 0.1) is 5.82 Å². The van der Waals surface area contributed by atoms with Gasteiger partial charge in [0, 0.05) is 29.6 Å². The van der Waals surface area contributed by atoms with Crippen molar-refractivity contribution in [3.8, 4) is 22.4 Å². The van der Waals surface area contributed by atoms with Crippen molar-refractivity contribution >= 4 is 22.9 Å². The quantitative estimate of drug-likeness (QED) is 0.300. The first-order valence-electron chi connectivity index (χ1n) is 14.0. The van der Waals surface area contributed by atoms with E-state index in [-0.39, 0.29) is 11.7 Å². The molecule has 0 radical (unpaired) electrons. The molecule has 1 saturated heterocycles. The van der Waals surface area contributed by atoms with E-state index in [1.54, 1.807) is 22.8 Å². The third kappa shape index (κ3) is 5.02. The minimum Gasteiger partial charge on any atom is -0.443 e. The zero-order valence-corrected chi connectivity index (χ0v) is 23.2. The van der Waals surface area contributed by atoms with Gasteiger partial charge >= 0.3 is 6.09 Å². The average molecular weight is 540 g/mol. The number of aromatic nitrogens is 1. The number of nitrogens with zero attached hydrogens (tertiary/aromatic N) is 2. The summed E-state index contributed by atoms with van der Waals surface area (Å²) in [5, 5.41) is 3.79. The minimum atomic E-state index is -0.715. The number of benzene rings is 3. The average Bonchev–Trinajstić information content (AvgIpc) is 3.48. The van der Waals surface area contributed by atoms with E-state index in [0.29, 0.717) is 40.0 Å². The maximum absolute atomic E-state index is 14.9. The number of hydrogen-bond acceptors (Lipinski definition) is 4. The van der Waals surface area contributed by atoms with Gasteiger partial charge in [0.25, 0.3) is 5.91 Å². The van der Waals surface area contributed by atoms with E-state index in [2.05, 4.69) is 22.3 Å². The summed E-state index contributed by atoms with van der Waals surface area (Å²) in [6, 6.07) is 18.3. The van der Waals surface area contributed by atoms with Gasteiger partial charge in [-0.15, -0.1) is 0 Å². The molecule has 0 bridgehead atoms. The number of nitrogens with one attached hydrogen (secondary N) is 1. The molecule has 0 aliphatic carbocycles. The summed E-state index contributed by atoms with van der Waals surface area (Å²) in [7, 11) is 0. The van der Waals surface area contributed by atoms with Crippen LogP contribution in [-0.4, -0.2) is 40.2 Å². The van der Waals surface area contributed by atoms with Gasteiger partial charge in [-0.2, -0.15) is 0 Å². The molecule has 40 heavy (non-hydrogen) atoms. The molecule has 0 saturated carbocycles. The van der Waals surface area contributed by atoms with Crippen LogP contribution in [0.5, 0.6) is 0 Å². The van der Waals surface area contributed by atoms with Gasteiger partial charge in [-0.25, -0.2) is 13.8 Å². The highest BCUT2D eigenvalue weighted by molar-refractivity contribution is 6.07. The number of halogens is 1. The van der Waals surface area contributed by atoms with Gasteiger partial charge in [0.2, 0.25) is 0 Å². The molecule has 1 amide bonds. The van der Waals surface area contributed by atoms with Gasteiger partial charge in [0.05, 0.1) is 16.8 Å². The van der Waals surface area contributed by atoms with Crippen molar-refractivity contribution in [3.63, 3.8) is 0 Å². The maximum atomic E-state index is 14.9. The van der Waals surface area contributed by atoms with E-state index in [1.165, 1.54) is 30.9 Å². The summed E-state index contributed by atoms with van der Waals surface area (Å²) in [5.74, 6) is -0.558. The van der Waals surface area contributed by atoms with Crippen molar-refractivity contribution in [1.29, 1.82) is 0 Å². The second kappa shape index (κ2) is 10.2. The summed E-state index contributed by atoms with van der Waals surface area (Å²) in [6.45, 7) is 8.86. The van der Waals surface area contributed by atoms with Crippen LogP contribution in [0.4, 0.5) is 9.18 Å². The number of carbonyl (C=O) groups excluding carboxylic acids is 2. The molecule has 0 atom stereocenters. The number of amides is 1. The van der Waals surface area contributed by atoms with Crippen molar-refractivity contribution in [2.45, 2.75) is 58.7 Å². The molecule has 6 nitrogen and oxygen atoms in total. The Labute approximate surface area is 233 Å². The smallest absolute Gasteiger partial charge is 0.419 e. The van der Waals surface area contributed by atoms with Crippen molar-refractivity contribution in [1.82, 2.24) is 14.8 Å². The van der Waals surface area contributed by atoms with Crippen molar-refractivity contribution in [3.05, 3.63) is 83.2 Å². The Morgan fingerprint density at radius 1 is 0.975 bits per heavy atom. The zero-order chi connectivity index (χ0) is 28.0. The summed E-state index contributed by atoms with van der Waals surface area (Å²) < 4.78 is 22.3. The Hall–Kier alpha value is -3.97. The van der Waals surface area contributed by atoms with Gasteiger partial charge < -0.3 is 10.1 Å². The van der Waals surface area contributed by atoms with Crippen LogP contribution in [-0.2, 0) is 17.8 Å². The molecule has 1 fully saturated rings. The number of fused-ring (bicyclic) bond motifs is 2. The van der Waals surface area contributed by atoms with Gasteiger partial charge in [-0.1, -0.05) is 30.7 Å². The van der Waals surface area contributed by atoms with E-state index in [1.807, 2.05) is 45.0 Å². The summed E-state index contributed by atoms with van der Waals surface area (Å²) in [4.78, 5) is 29.2. The monoisotopic (exact) mass is 539 g/mol. The molecule has 3 heterocycles. The van der Waals surface area contributed by atoms with Crippen LogP contribution in [0.25, 0.3) is 33.3 Å². The second-order valence-electron chi connectivity index (χ2n) is 11.8. The molecular weight excluding hydrogens is 505 g/mol. The molecular formula is C33H34FN3O3. The Balaban J connectivity index is 1.54. The SMILES string of the molecule is CC(C)(C)OC(=O)n1c(-c2cc(-c3ccccc3F)cc3c2C(=O)NC3)cc2cc(CN3CCCCC3)ccc21. The third-order valence-electron chi connectivity index (χ3n) is 7.64. The normalized spacial score (nSPS) is 15.8. The molecule has 1 aromatic heterocycles.